The lowest BCUT2D eigenvalue weighted by Gasteiger charge is -2.09. The molecular weight excluding hydrogens is 332 g/mol. The SMILES string of the molecule is COc1cccc(CNC(=O)Nc2ccc(C)c(Br)c2)c1. The van der Waals surface area contributed by atoms with Crippen LogP contribution in [0.2, 0.25) is 0 Å². The normalized spacial score (nSPS) is 10.0. The molecule has 0 saturated heterocycles. The Labute approximate surface area is 132 Å². The number of aryl methyl sites for hydroxylation is 1. The van der Waals surface area contributed by atoms with Gasteiger partial charge in [-0.2, -0.15) is 0 Å². The van der Waals surface area contributed by atoms with Crippen molar-refractivity contribution in [2.24, 2.45) is 0 Å². The number of ether oxygens (including phenoxy) is 1. The van der Waals surface area contributed by atoms with E-state index in [1.807, 2.05) is 49.4 Å². The fourth-order valence-electron chi connectivity index (χ4n) is 1.81. The number of methoxy groups -OCH3 is 1. The molecule has 0 aliphatic heterocycles. The van der Waals surface area contributed by atoms with Gasteiger partial charge in [-0.05, 0) is 42.3 Å². The number of hydrogen-bond acceptors (Lipinski definition) is 2. The Morgan fingerprint density at radius 2 is 2.05 bits per heavy atom. The summed E-state index contributed by atoms with van der Waals surface area (Å²) >= 11 is 3.44. The maximum absolute atomic E-state index is 11.9. The molecule has 0 aliphatic rings. The Balaban J connectivity index is 1.91. The number of nitrogens with one attached hydrogen (secondary N) is 2. The lowest BCUT2D eigenvalue weighted by molar-refractivity contribution is 0.251. The first-order chi connectivity index (χ1) is 10.1. The Hall–Kier alpha value is -2.01. The Bertz CT molecular complexity index is 644. The zero-order valence-corrected chi connectivity index (χ0v) is 13.5. The maximum Gasteiger partial charge on any atom is 0.319 e. The second-order valence-corrected chi connectivity index (χ2v) is 5.48. The molecule has 2 aromatic carbocycles. The summed E-state index contributed by atoms with van der Waals surface area (Å²) in [7, 11) is 1.62. The molecule has 4 nitrogen and oxygen atoms in total. The molecule has 0 spiro atoms. The van der Waals surface area contributed by atoms with Crippen molar-refractivity contribution in [2.45, 2.75) is 13.5 Å². The summed E-state index contributed by atoms with van der Waals surface area (Å²) < 4.78 is 6.11. The molecule has 2 amide bonds. The van der Waals surface area contributed by atoms with Crippen LogP contribution in [-0.4, -0.2) is 13.1 Å². The largest absolute Gasteiger partial charge is 0.497 e. The summed E-state index contributed by atoms with van der Waals surface area (Å²) in [6.45, 7) is 2.44. The molecule has 0 radical (unpaired) electrons. The average Bonchev–Trinajstić information content (AvgIpc) is 2.49. The van der Waals surface area contributed by atoms with E-state index in [9.17, 15) is 4.79 Å². The van der Waals surface area contributed by atoms with E-state index >= 15 is 0 Å². The standard InChI is InChI=1S/C16H17BrN2O2/c1-11-6-7-13(9-15(11)17)19-16(20)18-10-12-4-3-5-14(8-12)21-2/h3-9H,10H2,1-2H3,(H2,18,19,20). The molecular formula is C16H17BrN2O2. The predicted molar refractivity (Wildman–Crippen MR) is 87.7 cm³/mol. The van der Waals surface area contributed by atoms with E-state index in [1.54, 1.807) is 7.11 Å². The van der Waals surface area contributed by atoms with Crippen molar-refractivity contribution in [3.63, 3.8) is 0 Å². The highest BCUT2D eigenvalue weighted by Crippen LogP contribution is 2.20. The molecule has 21 heavy (non-hydrogen) atoms. The van der Waals surface area contributed by atoms with E-state index in [0.717, 1.165) is 27.0 Å². The number of halogens is 1. The Kier molecular flexibility index (Phi) is 5.22. The molecule has 2 aromatic rings. The van der Waals surface area contributed by atoms with Crippen LogP contribution in [0.5, 0.6) is 5.75 Å². The molecule has 2 rings (SSSR count). The minimum atomic E-state index is -0.242. The molecule has 0 aromatic heterocycles. The second-order valence-electron chi connectivity index (χ2n) is 4.62. The van der Waals surface area contributed by atoms with Crippen molar-refractivity contribution >= 4 is 27.6 Å². The summed E-state index contributed by atoms with van der Waals surface area (Å²) in [5.74, 6) is 0.775. The highest BCUT2D eigenvalue weighted by Gasteiger charge is 2.04. The highest BCUT2D eigenvalue weighted by molar-refractivity contribution is 9.10. The monoisotopic (exact) mass is 348 g/mol. The second kappa shape index (κ2) is 7.13. The van der Waals surface area contributed by atoms with E-state index < -0.39 is 0 Å². The summed E-state index contributed by atoms with van der Waals surface area (Å²) in [4.78, 5) is 11.9. The Morgan fingerprint density at radius 1 is 1.24 bits per heavy atom. The van der Waals surface area contributed by atoms with E-state index in [4.69, 9.17) is 4.74 Å². The summed E-state index contributed by atoms with van der Waals surface area (Å²) in [5.41, 5.74) is 2.85. The number of carbonyl (C=O) groups is 1. The number of anilines is 1. The lowest BCUT2D eigenvalue weighted by Crippen LogP contribution is -2.28. The van der Waals surface area contributed by atoms with Crippen molar-refractivity contribution < 1.29 is 9.53 Å². The van der Waals surface area contributed by atoms with Gasteiger partial charge in [0, 0.05) is 16.7 Å². The van der Waals surface area contributed by atoms with Gasteiger partial charge in [-0.1, -0.05) is 34.1 Å². The first-order valence-corrected chi connectivity index (χ1v) is 7.31. The van der Waals surface area contributed by atoms with Crippen molar-refractivity contribution in [2.75, 3.05) is 12.4 Å². The van der Waals surface area contributed by atoms with E-state index in [1.165, 1.54) is 0 Å². The van der Waals surface area contributed by atoms with Crippen molar-refractivity contribution in [1.82, 2.24) is 5.32 Å². The van der Waals surface area contributed by atoms with E-state index in [2.05, 4.69) is 26.6 Å². The molecule has 5 heteroatoms. The predicted octanol–water partition coefficient (Wildman–Crippen LogP) is 4.09. The van der Waals surface area contributed by atoms with Gasteiger partial charge in [0.25, 0.3) is 0 Å². The van der Waals surface area contributed by atoms with Gasteiger partial charge in [-0.3, -0.25) is 0 Å². The molecule has 0 bridgehead atoms. The van der Waals surface area contributed by atoms with E-state index in [-0.39, 0.29) is 6.03 Å². The third-order valence-electron chi connectivity index (χ3n) is 3.02. The first-order valence-electron chi connectivity index (χ1n) is 6.52. The van der Waals surface area contributed by atoms with Crippen LogP contribution >= 0.6 is 15.9 Å². The molecule has 110 valence electrons. The fraction of sp³-hybridized carbons (Fsp3) is 0.188. The molecule has 2 N–H and O–H groups in total. The van der Waals surface area contributed by atoms with Gasteiger partial charge < -0.3 is 15.4 Å². The maximum atomic E-state index is 11.9. The molecule has 0 atom stereocenters. The summed E-state index contributed by atoms with van der Waals surface area (Å²) in [6.07, 6.45) is 0. The Morgan fingerprint density at radius 3 is 2.76 bits per heavy atom. The molecule has 0 unspecified atom stereocenters. The van der Waals surface area contributed by atoms with Crippen LogP contribution in [0.3, 0.4) is 0 Å². The molecule has 0 heterocycles. The topological polar surface area (TPSA) is 50.4 Å². The lowest BCUT2D eigenvalue weighted by atomic mass is 10.2. The van der Waals surface area contributed by atoms with Gasteiger partial charge in [-0.15, -0.1) is 0 Å². The summed E-state index contributed by atoms with van der Waals surface area (Å²) in [6, 6.07) is 13.0. The number of benzene rings is 2. The molecule has 0 aliphatic carbocycles. The zero-order valence-electron chi connectivity index (χ0n) is 11.9. The van der Waals surface area contributed by atoms with Gasteiger partial charge in [-0.25, -0.2) is 4.79 Å². The minimum Gasteiger partial charge on any atom is -0.497 e. The van der Waals surface area contributed by atoms with Crippen LogP contribution in [0, 0.1) is 6.92 Å². The third-order valence-corrected chi connectivity index (χ3v) is 3.87. The van der Waals surface area contributed by atoms with Crippen LogP contribution < -0.4 is 15.4 Å². The van der Waals surface area contributed by atoms with Gasteiger partial charge >= 0.3 is 6.03 Å². The first kappa shape index (κ1) is 15.4. The average molecular weight is 349 g/mol. The number of hydrogen-bond donors (Lipinski definition) is 2. The zero-order chi connectivity index (χ0) is 15.2. The number of rotatable bonds is 4. The van der Waals surface area contributed by atoms with Crippen LogP contribution in [0.4, 0.5) is 10.5 Å². The quantitative estimate of drug-likeness (QED) is 0.874. The summed E-state index contributed by atoms with van der Waals surface area (Å²) in [5, 5.41) is 5.61. The third kappa shape index (κ3) is 4.49. The number of amides is 2. The molecule has 0 fully saturated rings. The fourth-order valence-corrected chi connectivity index (χ4v) is 2.19. The molecule has 0 saturated carbocycles. The van der Waals surface area contributed by atoms with Gasteiger partial charge in [0.05, 0.1) is 7.11 Å². The minimum absolute atomic E-state index is 0.242. The smallest absolute Gasteiger partial charge is 0.319 e. The van der Waals surface area contributed by atoms with Crippen molar-refractivity contribution in [3.05, 3.63) is 58.1 Å². The number of urea groups is 1. The van der Waals surface area contributed by atoms with Crippen molar-refractivity contribution in [3.8, 4) is 5.75 Å². The highest BCUT2D eigenvalue weighted by atomic mass is 79.9. The van der Waals surface area contributed by atoms with Crippen LogP contribution in [0.25, 0.3) is 0 Å². The number of carbonyl (C=O) groups excluding carboxylic acids is 1. The van der Waals surface area contributed by atoms with Crippen LogP contribution in [0.1, 0.15) is 11.1 Å². The van der Waals surface area contributed by atoms with Gasteiger partial charge in [0.1, 0.15) is 5.75 Å². The van der Waals surface area contributed by atoms with Crippen LogP contribution in [0.15, 0.2) is 46.9 Å². The van der Waals surface area contributed by atoms with Gasteiger partial charge in [0.15, 0.2) is 0 Å². The van der Waals surface area contributed by atoms with Crippen molar-refractivity contribution in [1.29, 1.82) is 0 Å². The van der Waals surface area contributed by atoms with Gasteiger partial charge in [0.2, 0.25) is 0 Å². The van der Waals surface area contributed by atoms with E-state index in [0.29, 0.717) is 6.54 Å². The van der Waals surface area contributed by atoms with Crippen LogP contribution in [-0.2, 0) is 6.54 Å².